The maximum Gasteiger partial charge on any atom is 0.266 e. The number of terminal acetylenes is 1. The highest BCUT2D eigenvalue weighted by molar-refractivity contribution is 5.87. The lowest BCUT2D eigenvalue weighted by atomic mass is 10.1. The average Bonchev–Trinajstić information content (AvgIpc) is 2.64. The molecule has 0 aliphatic carbocycles. The van der Waals surface area contributed by atoms with E-state index in [-0.39, 0.29) is 19.0 Å². The summed E-state index contributed by atoms with van der Waals surface area (Å²) in [6.45, 7) is -0.0423. The van der Waals surface area contributed by atoms with Gasteiger partial charge in [0.25, 0.3) is 5.91 Å². The van der Waals surface area contributed by atoms with Crippen LogP contribution in [-0.4, -0.2) is 24.9 Å². The Kier molecular flexibility index (Phi) is 6.42. The van der Waals surface area contributed by atoms with E-state index < -0.39 is 12.0 Å². The zero-order valence-electron chi connectivity index (χ0n) is 13.1. The second-order valence-electron chi connectivity index (χ2n) is 4.92. The third-order valence-corrected chi connectivity index (χ3v) is 3.15. The van der Waals surface area contributed by atoms with Crippen molar-refractivity contribution in [3.8, 4) is 18.1 Å². The molecule has 2 aromatic rings. The standard InChI is InChI=1S/C19H18N2O3/c1-2-13-20-17(22)14-21-19(23)18(15-9-5-3-6-10-15)24-16-11-7-4-8-12-16/h1,3-12,18H,13-14H2,(H,20,22)(H,21,23)/t18-/m1/s1. The van der Waals surface area contributed by atoms with E-state index in [9.17, 15) is 9.59 Å². The second kappa shape index (κ2) is 9.01. The molecular weight excluding hydrogens is 304 g/mol. The van der Waals surface area contributed by atoms with Crippen LogP contribution in [-0.2, 0) is 9.59 Å². The summed E-state index contributed by atoms with van der Waals surface area (Å²) >= 11 is 0. The van der Waals surface area contributed by atoms with Gasteiger partial charge in [0.2, 0.25) is 12.0 Å². The number of rotatable bonds is 7. The zero-order valence-corrected chi connectivity index (χ0v) is 13.1. The molecule has 5 nitrogen and oxygen atoms in total. The highest BCUT2D eigenvalue weighted by Gasteiger charge is 2.22. The number of carbonyl (C=O) groups is 2. The largest absolute Gasteiger partial charge is 0.476 e. The Morgan fingerprint density at radius 3 is 2.25 bits per heavy atom. The lowest BCUT2D eigenvalue weighted by molar-refractivity contribution is -0.131. The highest BCUT2D eigenvalue weighted by atomic mass is 16.5. The quantitative estimate of drug-likeness (QED) is 0.762. The zero-order chi connectivity index (χ0) is 17.2. The molecule has 2 amide bonds. The summed E-state index contributed by atoms with van der Waals surface area (Å²) in [6, 6.07) is 18.1. The average molecular weight is 322 g/mol. The van der Waals surface area contributed by atoms with Gasteiger partial charge in [0, 0.05) is 5.56 Å². The van der Waals surface area contributed by atoms with Crippen molar-refractivity contribution in [2.45, 2.75) is 6.10 Å². The van der Waals surface area contributed by atoms with Crippen LogP contribution in [0.1, 0.15) is 11.7 Å². The van der Waals surface area contributed by atoms with Crippen molar-refractivity contribution < 1.29 is 14.3 Å². The molecule has 0 spiro atoms. The molecule has 24 heavy (non-hydrogen) atoms. The molecule has 0 saturated carbocycles. The summed E-state index contributed by atoms with van der Waals surface area (Å²) in [5.41, 5.74) is 0.697. The first-order valence-electron chi connectivity index (χ1n) is 7.45. The predicted octanol–water partition coefficient (Wildman–Crippen LogP) is 1.67. The molecule has 0 bridgehead atoms. The Bertz CT molecular complexity index is 708. The van der Waals surface area contributed by atoms with Gasteiger partial charge in [-0.3, -0.25) is 9.59 Å². The van der Waals surface area contributed by atoms with Crippen LogP contribution >= 0.6 is 0 Å². The van der Waals surface area contributed by atoms with Crippen LogP contribution in [0.5, 0.6) is 5.75 Å². The van der Waals surface area contributed by atoms with Crippen LogP contribution < -0.4 is 15.4 Å². The van der Waals surface area contributed by atoms with Gasteiger partial charge in [0.1, 0.15) is 5.75 Å². The molecule has 0 aromatic heterocycles. The van der Waals surface area contributed by atoms with E-state index >= 15 is 0 Å². The molecule has 0 radical (unpaired) electrons. The van der Waals surface area contributed by atoms with Gasteiger partial charge in [0.05, 0.1) is 13.1 Å². The van der Waals surface area contributed by atoms with E-state index in [2.05, 4.69) is 16.6 Å². The Morgan fingerprint density at radius 1 is 1.00 bits per heavy atom. The van der Waals surface area contributed by atoms with Crippen LogP contribution in [0.25, 0.3) is 0 Å². The van der Waals surface area contributed by atoms with Gasteiger partial charge in [-0.2, -0.15) is 0 Å². The Balaban J connectivity index is 2.06. The summed E-state index contributed by atoms with van der Waals surface area (Å²) < 4.78 is 5.80. The molecule has 0 aliphatic heterocycles. The molecular formula is C19H18N2O3. The first kappa shape index (κ1) is 17.1. The van der Waals surface area contributed by atoms with Gasteiger partial charge in [-0.1, -0.05) is 54.5 Å². The summed E-state index contributed by atoms with van der Waals surface area (Å²) in [4.78, 5) is 24.0. The van der Waals surface area contributed by atoms with Gasteiger partial charge < -0.3 is 15.4 Å². The number of hydrogen-bond acceptors (Lipinski definition) is 3. The van der Waals surface area contributed by atoms with Crippen molar-refractivity contribution in [2.75, 3.05) is 13.1 Å². The first-order chi connectivity index (χ1) is 11.7. The minimum atomic E-state index is -0.853. The number of ether oxygens (including phenoxy) is 1. The minimum Gasteiger partial charge on any atom is -0.476 e. The van der Waals surface area contributed by atoms with Crippen molar-refractivity contribution in [3.05, 3.63) is 66.2 Å². The van der Waals surface area contributed by atoms with Gasteiger partial charge >= 0.3 is 0 Å². The van der Waals surface area contributed by atoms with Crippen LogP contribution in [0.3, 0.4) is 0 Å². The molecule has 0 unspecified atom stereocenters. The van der Waals surface area contributed by atoms with E-state index in [1.54, 1.807) is 24.3 Å². The van der Waals surface area contributed by atoms with Crippen LogP contribution in [0.15, 0.2) is 60.7 Å². The highest BCUT2D eigenvalue weighted by Crippen LogP contribution is 2.21. The maximum atomic E-state index is 12.5. The number of amides is 2. The number of para-hydroxylation sites is 1. The predicted molar refractivity (Wildman–Crippen MR) is 91.1 cm³/mol. The van der Waals surface area contributed by atoms with E-state index in [4.69, 9.17) is 11.2 Å². The molecule has 0 saturated heterocycles. The summed E-state index contributed by atoms with van der Waals surface area (Å²) in [7, 11) is 0. The number of carbonyl (C=O) groups excluding carboxylic acids is 2. The third kappa shape index (κ3) is 5.18. The van der Waals surface area contributed by atoms with Crippen molar-refractivity contribution in [3.63, 3.8) is 0 Å². The fourth-order valence-electron chi connectivity index (χ4n) is 2.01. The molecule has 5 heteroatoms. The van der Waals surface area contributed by atoms with E-state index in [1.807, 2.05) is 36.4 Å². The topological polar surface area (TPSA) is 67.4 Å². The van der Waals surface area contributed by atoms with Crippen molar-refractivity contribution in [1.82, 2.24) is 10.6 Å². The van der Waals surface area contributed by atoms with Gasteiger partial charge in [-0.05, 0) is 12.1 Å². The Labute approximate surface area is 141 Å². The monoisotopic (exact) mass is 322 g/mol. The molecule has 0 heterocycles. The van der Waals surface area contributed by atoms with Crippen molar-refractivity contribution >= 4 is 11.8 Å². The Hall–Kier alpha value is -3.26. The molecule has 1 atom stereocenters. The molecule has 2 rings (SSSR count). The van der Waals surface area contributed by atoms with Crippen LogP contribution in [0.2, 0.25) is 0 Å². The van der Waals surface area contributed by atoms with Gasteiger partial charge in [0.15, 0.2) is 0 Å². The molecule has 0 fully saturated rings. The number of nitrogens with one attached hydrogen (secondary N) is 2. The van der Waals surface area contributed by atoms with Crippen molar-refractivity contribution in [2.24, 2.45) is 0 Å². The summed E-state index contributed by atoms with van der Waals surface area (Å²) in [5, 5.41) is 5.05. The lowest BCUT2D eigenvalue weighted by Crippen LogP contribution is -2.40. The molecule has 2 N–H and O–H groups in total. The Morgan fingerprint density at radius 2 is 1.62 bits per heavy atom. The summed E-state index contributed by atoms with van der Waals surface area (Å²) in [6.07, 6.45) is 4.22. The SMILES string of the molecule is C#CCNC(=O)CNC(=O)[C@H](Oc1ccccc1)c1ccccc1. The van der Waals surface area contributed by atoms with Crippen LogP contribution in [0, 0.1) is 12.3 Å². The van der Waals surface area contributed by atoms with Crippen LogP contribution in [0.4, 0.5) is 0 Å². The maximum absolute atomic E-state index is 12.5. The second-order valence-corrected chi connectivity index (χ2v) is 4.92. The van der Waals surface area contributed by atoms with E-state index in [0.29, 0.717) is 11.3 Å². The van der Waals surface area contributed by atoms with E-state index in [1.165, 1.54) is 0 Å². The van der Waals surface area contributed by atoms with Crippen molar-refractivity contribution in [1.29, 1.82) is 0 Å². The summed E-state index contributed by atoms with van der Waals surface area (Å²) in [5.74, 6) is 2.11. The normalized spacial score (nSPS) is 11.0. The molecule has 2 aromatic carbocycles. The molecule has 122 valence electrons. The number of benzene rings is 2. The van der Waals surface area contributed by atoms with E-state index in [0.717, 1.165) is 0 Å². The van der Waals surface area contributed by atoms with Gasteiger partial charge in [-0.15, -0.1) is 6.42 Å². The lowest BCUT2D eigenvalue weighted by Gasteiger charge is -2.19. The first-order valence-corrected chi connectivity index (χ1v) is 7.45. The van der Waals surface area contributed by atoms with Gasteiger partial charge in [-0.25, -0.2) is 0 Å². The number of hydrogen-bond donors (Lipinski definition) is 2. The fraction of sp³-hybridized carbons (Fsp3) is 0.158. The fourth-order valence-corrected chi connectivity index (χ4v) is 2.01. The minimum absolute atomic E-state index is 0.122. The molecule has 0 aliphatic rings. The third-order valence-electron chi connectivity index (χ3n) is 3.15. The smallest absolute Gasteiger partial charge is 0.266 e.